The number of nitrogens with zero attached hydrogens (tertiary/aromatic N) is 2. The van der Waals surface area contributed by atoms with Gasteiger partial charge in [-0.15, -0.1) is 5.11 Å². The lowest BCUT2D eigenvalue weighted by atomic mass is 10.0. The number of aromatic hydroxyl groups is 2. The van der Waals surface area contributed by atoms with Crippen LogP contribution in [-0.4, -0.2) is 47.8 Å². The minimum atomic E-state index is -0.626. The molecule has 0 aliphatic heterocycles. The van der Waals surface area contributed by atoms with E-state index in [9.17, 15) is 24.6 Å². The number of rotatable bonds is 11. The number of benzene rings is 3. The van der Waals surface area contributed by atoms with E-state index in [1.165, 1.54) is 6.07 Å². The summed E-state index contributed by atoms with van der Waals surface area (Å²) in [6.45, 7) is 3.55. The third-order valence-electron chi connectivity index (χ3n) is 4.99. The van der Waals surface area contributed by atoms with Gasteiger partial charge in [-0.3, -0.25) is 4.79 Å². The molecule has 0 saturated heterocycles. The molecular weight excluding hydrogens is 478 g/mol. The molecule has 3 aromatic carbocycles. The number of ketones is 1. The van der Waals surface area contributed by atoms with Gasteiger partial charge in [-0.25, -0.2) is 9.59 Å². The van der Waals surface area contributed by atoms with Crippen molar-refractivity contribution >= 4 is 29.2 Å². The van der Waals surface area contributed by atoms with E-state index in [1.54, 1.807) is 54.6 Å². The Bertz CT molecular complexity index is 1290. The lowest BCUT2D eigenvalue weighted by Gasteiger charge is -2.07. The van der Waals surface area contributed by atoms with E-state index in [2.05, 4.69) is 22.1 Å². The number of nitrogens with one attached hydrogen (secondary N) is 1. The van der Waals surface area contributed by atoms with Crippen LogP contribution in [0.1, 0.15) is 21.5 Å². The van der Waals surface area contributed by atoms with Crippen LogP contribution in [0.25, 0.3) is 0 Å². The van der Waals surface area contributed by atoms with E-state index in [1.807, 2.05) is 0 Å². The SMILES string of the molecule is C=CC(=O)OCCNC(=O)OCCc1ccc(N=Nc2cc(C(=O)c3ccccc3)c(O)cc2O)cc1. The van der Waals surface area contributed by atoms with Gasteiger partial charge in [-0.2, -0.15) is 5.11 Å². The normalized spacial score (nSPS) is 10.6. The fraction of sp³-hybridized carbons (Fsp3) is 0.148. The largest absolute Gasteiger partial charge is 0.507 e. The number of phenols is 2. The molecule has 0 unspecified atom stereocenters. The van der Waals surface area contributed by atoms with E-state index in [-0.39, 0.29) is 42.5 Å². The van der Waals surface area contributed by atoms with Crippen molar-refractivity contribution in [3.05, 3.63) is 96.1 Å². The molecule has 3 N–H and O–H groups in total. The summed E-state index contributed by atoms with van der Waals surface area (Å²) in [4.78, 5) is 35.2. The van der Waals surface area contributed by atoms with Crippen LogP contribution < -0.4 is 5.32 Å². The average molecular weight is 504 g/mol. The summed E-state index contributed by atoms with van der Waals surface area (Å²) in [6, 6.07) is 17.7. The second-order valence-corrected chi connectivity index (χ2v) is 7.60. The van der Waals surface area contributed by atoms with Gasteiger partial charge in [0, 0.05) is 24.1 Å². The molecule has 0 bridgehead atoms. The zero-order valence-electron chi connectivity index (χ0n) is 19.8. The number of phenolic OH excluding ortho intramolecular Hbond substituents is 2. The van der Waals surface area contributed by atoms with Crippen LogP contribution in [-0.2, 0) is 20.7 Å². The summed E-state index contributed by atoms with van der Waals surface area (Å²) in [6.07, 6.45) is 0.867. The number of ether oxygens (including phenoxy) is 2. The van der Waals surface area contributed by atoms with Gasteiger partial charge in [-0.05, 0) is 23.8 Å². The predicted molar refractivity (Wildman–Crippen MR) is 134 cm³/mol. The number of hydrogen-bond donors (Lipinski definition) is 3. The van der Waals surface area contributed by atoms with E-state index >= 15 is 0 Å². The minimum Gasteiger partial charge on any atom is -0.507 e. The monoisotopic (exact) mass is 503 g/mol. The number of alkyl carbamates (subject to hydrolysis) is 1. The van der Waals surface area contributed by atoms with Crippen molar-refractivity contribution in [2.45, 2.75) is 6.42 Å². The van der Waals surface area contributed by atoms with E-state index in [0.717, 1.165) is 17.7 Å². The first-order valence-electron chi connectivity index (χ1n) is 11.2. The second kappa shape index (κ2) is 13.2. The molecule has 10 nitrogen and oxygen atoms in total. The van der Waals surface area contributed by atoms with Crippen molar-refractivity contribution in [2.75, 3.05) is 19.8 Å². The Labute approximate surface area is 212 Å². The van der Waals surface area contributed by atoms with Crippen LogP contribution in [0.2, 0.25) is 0 Å². The van der Waals surface area contributed by atoms with Gasteiger partial charge >= 0.3 is 12.1 Å². The Balaban J connectivity index is 1.53. The Morgan fingerprint density at radius 3 is 2.32 bits per heavy atom. The molecule has 3 aromatic rings. The minimum absolute atomic E-state index is 0.00452. The molecular formula is C27H25N3O7. The molecule has 0 aliphatic rings. The van der Waals surface area contributed by atoms with Gasteiger partial charge in [0.2, 0.25) is 0 Å². The Kier molecular flexibility index (Phi) is 9.49. The molecule has 190 valence electrons. The molecule has 0 fully saturated rings. The molecule has 0 spiro atoms. The molecule has 3 rings (SSSR count). The van der Waals surface area contributed by atoms with E-state index < -0.39 is 17.8 Å². The molecule has 37 heavy (non-hydrogen) atoms. The number of carbonyl (C=O) groups is 3. The highest BCUT2D eigenvalue weighted by Crippen LogP contribution is 2.35. The van der Waals surface area contributed by atoms with Gasteiger partial charge in [-0.1, -0.05) is 49.0 Å². The van der Waals surface area contributed by atoms with Crippen LogP contribution in [0, 0.1) is 0 Å². The Hall–Kier alpha value is -4.99. The topological polar surface area (TPSA) is 147 Å². The Morgan fingerprint density at radius 2 is 1.62 bits per heavy atom. The van der Waals surface area contributed by atoms with Crippen LogP contribution in [0.5, 0.6) is 11.5 Å². The molecule has 1 amide bonds. The summed E-state index contributed by atoms with van der Waals surface area (Å²) in [5, 5.41) is 30.8. The lowest BCUT2D eigenvalue weighted by Crippen LogP contribution is -2.29. The van der Waals surface area contributed by atoms with Crippen molar-refractivity contribution in [3.8, 4) is 11.5 Å². The summed E-state index contributed by atoms with van der Waals surface area (Å²) in [5.41, 5.74) is 1.78. The molecule has 0 aromatic heterocycles. The molecule has 0 heterocycles. The van der Waals surface area contributed by atoms with E-state index in [4.69, 9.17) is 9.47 Å². The summed E-state index contributed by atoms with van der Waals surface area (Å²) in [5.74, 6) is -1.66. The fourth-order valence-corrected chi connectivity index (χ4v) is 3.09. The summed E-state index contributed by atoms with van der Waals surface area (Å²) < 4.78 is 9.81. The van der Waals surface area contributed by atoms with Crippen LogP contribution >= 0.6 is 0 Å². The molecule has 10 heteroatoms. The van der Waals surface area contributed by atoms with Crippen LogP contribution in [0.4, 0.5) is 16.2 Å². The fourth-order valence-electron chi connectivity index (χ4n) is 3.09. The summed E-state index contributed by atoms with van der Waals surface area (Å²) >= 11 is 0. The van der Waals surface area contributed by atoms with Gasteiger partial charge in [0.05, 0.1) is 24.4 Å². The maximum atomic E-state index is 12.7. The van der Waals surface area contributed by atoms with Gasteiger partial charge < -0.3 is 25.0 Å². The van der Waals surface area contributed by atoms with Gasteiger partial charge in [0.25, 0.3) is 0 Å². The smallest absolute Gasteiger partial charge is 0.407 e. The van der Waals surface area contributed by atoms with Crippen molar-refractivity contribution in [1.29, 1.82) is 0 Å². The number of esters is 1. The maximum Gasteiger partial charge on any atom is 0.407 e. The molecule has 0 radical (unpaired) electrons. The van der Waals surface area contributed by atoms with Crippen molar-refractivity contribution in [1.82, 2.24) is 5.32 Å². The highest BCUT2D eigenvalue weighted by molar-refractivity contribution is 6.11. The number of carbonyl (C=O) groups excluding carboxylic acids is 3. The predicted octanol–water partition coefficient (Wildman–Crippen LogP) is 4.74. The summed E-state index contributed by atoms with van der Waals surface area (Å²) in [7, 11) is 0. The van der Waals surface area contributed by atoms with Crippen LogP contribution in [0.3, 0.4) is 0 Å². The molecule has 0 atom stereocenters. The zero-order valence-corrected chi connectivity index (χ0v) is 19.8. The van der Waals surface area contributed by atoms with E-state index in [0.29, 0.717) is 17.7 Å². The first-order chi connectivity index (χ1) is 17.9. The highest BCUT2D eigenvalue weighted by Gasteiger charge is 2.17. The van der Waals surface area contributed by atoms with Crippen molar-refractivity contribution in [3.63, 3.8) is 0 Å². The average Bonchev–Trinajstić information content (AvgIpc) is 2.91. The van der Waals surface area contributed by atoms with Gasteiger partial charge in [0.15, 0.2) is 5.78 Å². The lowest BCUT2D eigenvalue weighted by molar-refractivity contribution is -0.137. The Morgan fingerprint density at radius 1 is 0.892 bits per heavy atom. The molecule has 0 aliphatic carbocycles. The standard InChI is InChI=1S/C27H25N3O7/c1-2-25(33)36-15-13-28-27(35)37-14-12-18-8-10-20(11-9-18)29-30-22-16-21(23(31)17-24(22)32)26(34)19-6-4-3-5-7-19/h2-11,16-17,31-32H,1,12-15H2,(H,28,35). The third kappa shape index (κ3) is 8.03. The number of azo groups is 1. The highest BCUT2D eigenvalue weighted by atomic mass is 16.6. The second-order valence-electron chi connectivity index (χ2n) is 7.60. The van der Waals surface area contributed by atoms with Crippen LogP contribution in [0.15, 0.2) is 89.6 Å². The first-order valence-corrected chi connectivity index (χ1v) is 11.2. The first kappa shape index (κ1) is 26.6. The maximum absolute atomic E-state index is 12.7. The zero-order chi connectivity index (χ0) is 26.6. The quantitative estimate of drug-likeness (QED) is 0.113. The number of amides is 1. The number of hydrogen-bond acceptors (Lipinski definition) is 9. The van der Waals surface area contributed by atoms with Gasteiger partial charge in [0.1, 0.15) is 23.8 Å². The third-order valence-corrected chi connectivity index (χ3v) is 4.99. The molecule has 0 saturated carbocycles. The van der Waals surface area contributed by atoms with Crippen molar-refractivity contribution < 1.29 is 34.1 Å². The van der Waals surface area contributed by atoms with Crippen molar-refractivity contribution in [2.24, 2.45) is 10.2 Å².